The van der Waals surface area contributed by atoms with E-state index >= 15 is 0 Å². The Labute approximate surface area is 119 Å². The van der Waals surface area contributed by atoms with Crippen LogP contribution in [0.3, 0.4) is 0 Å². The van der Waals surface area contributed by atoms with Gasteiger partial charge >= 0.3 is 5.97 Å². The summed E-state index contributed by atoms with van der Waals surface area (Å²) in [4.78, 5) is 18.8. The van der Waals surface area contributed by atoms with Gasteiger partial charge in [0.05, 0.1) is 4.47 Å². The first-order valence-electron chi connectivity index (χ1n) is 4.75. The van der Waals surface area contributed by atoms with Crippen LogP contribution in [0.4, 0.5) is 0 Å². The zero-order valence-corrected chi connectivity index (χ0v) is 12.0. The minimum atomic E-state index is -1.15. The van der Waals surface area contributed by atoms with Crippen LogP contribution in [0.1, 0.15) is 10.5 Å². The lowest BCUT2D eigenvalue weighted by Crippen LogP contribution is -2.03. The SMILES string of the molecule is O=C(O)c1ncccc1Oc1ncc(Br)cc1Br. The van der Waals surface area contributed by atoms with Crippen molar-refractivity contribution in [3.8, 4) is 11.6 Å². The van der Waals surface area contributed by atoms with E-state index in [1.54, 1.807) is 18.3 Å². The van der Waals surface area contributed by atoms with Crippen LogP contribution >= 0.6 is 31.9 Å². The molecule has 18 heavy (non-hydrogen) atoms. The van der Waals surface area contributed by atoms with E-state index < -0.39 is 5.97 Å². The fourth-order valence-electron chi connectivity index (χ4n) is 1.21. The zero-order valence-electron chi connectivity index (χ0n) is 8.80. The Morgan fingerprint density at radius 2 is 2.11 bits per heavy atom. The van der Waals surface area contributed by atoms with E-state index in [2.05, 4.69) is 41.8 Å². The molecular weight excluding hydrogens is 368 g/mol. The molecule has 0 atom stereocenters. The summed E-state index contributed by atoms with van der Waals surface area (Å²) in [6, 6.07) is 4.86. The van der Waals surface area contributed by atoms with Gasteiger partial charge in [0.15, 0.2) is 11.4 Å². The maximum absolute atomic E-state index is 11.0. The number of nitrogens with zero attached hydrogens (tertiary/aromatic N) is 2. The first-order valence-corrected chi connectivity index (χ1v) is 6.33. The molecule has 7 heteroatoms. The van der Waals surface area contributed by atoms with Crippen molar-refractivity contribution in [3.63, 3.8) is 0 Å². The molecule has 0 aliphatic heterocycles. The third kappa shape index (κ3) is 2.85. The fourth-order valence-corrected chi connectivity index (χ4v) is 2.28. The molecular formula is C11H6Br2N2O3. The molecule has 0 fully saturated rings. The molecule has 0 spiro atoms. The smallest absolute Gasteiger partial charge is 0.358 e. The van der Waals surface area contributed by atoms with Crippen LogP contribution in [0.5, 0.6) is 11.6 Å². The average molecular weight is 374 g/mol. The lowest BCUT2D eigenvalue weighted by molar-refractivity contribution is 0.0687. The number of halogens is 2. The van der Waals surface area contributed by atoms with Crippen LogP contribution in [-0.4, -0.2) is 21.0 Å². The third-order valence-corrected chi connectivity index (χ3v) is 2.96. The molecule has 5 nitrogen and oxygen atoms in total. The van der Waals surface area contributed by atoms with Gasteiger partial charge in [-0.25, -0.2) is 14.8 Å². The summed E-state index contributed by atoms with van der Waals surface area (Å²) in [5.41, 5.74) is -0.158. The van der Waals surface area contributed by atoms with Crippen molar-refractivity contribution in [3.05, 3.63) is 45.2 Å². The lowest BCUT2D eigenvalue weighted by atomic mass is 10.3. The Bertz CT molecular complexity index is 605. The highest BCUT2D eigenvalue weighted by atomic mass is 79.9. The summed E-state index contributed by atoms with van der Waals surface area (Å²) in [6.07, 6.45) is 2.94. The van der Waals surface area contributed by atoms with E-state index in [0.29, 0.717) is 4.47 Å². The molecule has 0 bridgehead atoms. The maximum atomic E-state index is 11.0. The highest BCUT2D eigenvalue weighted by Gasteiger charge is 2.14. The zero-order chi connectivity index (χ0) is 13.1. The number of aromatic carboxylic acids is 1. The Morgan fingerprint density at radius 3 is 2.78 bits per heavy atom. The van der Waals surface area contributed by atoms with Gasteiger partial charge in [0.2, 0.25) is 5.88 Å². The Balaban J connectivity index is 2.37. The summed E-state index contributed by atoms with van der Waals surface area (Å²) in [7, 11) is 0. The summed E-state index contributed by atoms with van der Waals surface area (Å²) >= 11 is 6.55. The van der Waals surface area contributed by atoms with Crippen molar-refractivity contribution >= 4 is 37.8 Å². The topological polar surface area (TPSA) is 72.3 Å². The van der Waals surface area contributed by atoms with Crippen molar-refractivity contribution in [1.29, 1.82) is 0 Å². The number of carbonyl (C=O) groups is 1. The third-order valence-electron chi connectivity index (χ3n) is 1.95. The minimum absolute atomic E-state index is 0.139. The van der Waals surface area contributed by atoms with Crippen LogP contribution in [-0.2, 0) is 0 Å². The van der Waals surface area contributed by atoms with Gasteiger partial charge in [0, 0.05) is 16.9 Å². The van der Waals surface area contributed by atoms with E-state index in [9.17, 15) is 4.79 Å². The van der Waals surface area contributed by atoms with Crippen molar-refractivity contribution in [2.24, 2.45) is 0 Å². The number of hydrogen-bond donors (Lipinski definition) is 1. The summed E-state index contributed by atoms with van der Waals surface area (Å²) in [5.74, 6) is -0.743. The number of pyridine rings is 2. The van der Waals surface area contributed by atoms with Crippen LogP contribution in [0.15, 0.2) is 39.5 Å². The number of rotatable bonds is 3. The molecule has 0 saturated heterocycles. The van der Waals surface area contributed by atoms with E-state index in [0.717, 1.165) is 4.47 Å². The average Bonchev–Trinajstić information content (AvgIpc) is 2.33. The van der Waals surface area contributed by atoms with Crippen LogP contribution in [0, 0.1) is 0 Å². The molecule has 2 aromatic heterocycles. The monoisotopic (exact) mass is 372 g/mol. The second-order valence-electron chi connectivity index (χ2n) is 3.20. The quantitative estimate of drug-likeness (QED) is 0.891. The van der Waals surface area contributed by atoms with Gasteiger partial charge < -0.3 is 9.84 Å². The summed E-state index contributed by atoms with van der Waals surface area (Å²) < 4.78 is 6.83. The minimum Gasteiger partial charge on any atom is -0.476 e. The second kappa shape index (κ2) is 5.45. The fraction of sp³-hybridized carbons (Fsp3) is 0. The number of ether oxygens (including phenoxy) is 1. The molecule has 1 N–H and O–H groups in total. The highest BCUT2D eigenvalue weighted by Crippen LogP contribution is 2.30. The standard InChI is InChI=1S/C11H6Br2N2O3/c12-6-4-7(13)10(15-5-6)18-8-2-1-3-14-9(8)11(16)17/h1-5H,(H,16,17). The molecule has 0 radical (unpaired) electrons. The molecule has 0 unspecified atom stereocenters. The van der Waals surface area contributed by atoms with Gasteiger partial charge in [-0.1, -0.05) is 0 Å². The van der Waals surface area contributed by atoms with Crippen molar-refractivity contribution in [2.45, 2.75) is 0 Å². The predicted molar refractivity (Wildman–Crippen MR) is 70.9 cm³/mol. The van der Waals surface area contributed by atoms with Gasteiger partial charge in [-0.15, -0.1) is 0 Å². The van der Waals surface area contributed by atoms with Gasteiger partial charge in [-0.05, 0) is 50.1 Å². The molecule has 2 heterocycles. The van der Waals surface area contributed by atoms with Crippen LogP contribution in [0.25, 0.3) is 0 Å². The van der Waals surface area contributed by atoms with E-state index in [-0.39, 0.29) is 17.3 Å². The van der Waals surface area contributed by atoms with Crippen molar-refractivity contribution in [2.75, 3.05) is 0 Å². The second-order valence-corrected chi connectivity index (χ2v) is 4.97. The summed E-state index contributed by atoms with van der Waals surface area (Å²) in [5, 5.41) is 8.97. The molecule has 0 amide bonds. The van der Waals surface area contributed by atoms with Crippen LogP contribution in [0.2, 0.25) is 0 Å². The first kappa shape index (κ1) is 13.0. The maximum Gasteiger partial charge on any atom is 0.358 e. The van der Waals surface area contributed by atoms with E-state index in [4.69, 9.17) is 9.84 Å². The molecule has 0 aliphatic carbocycles. The first-order chi connectivity index (χ1) is 8.58. The van der Waals surface area contributed by atoms with Crippen LogP contribution < -0.4 is 4.74 Å². The largest absolute Gasteiger partial charge is 0.476 e. The lowest BCUT2D eigenvalue weighted by Gasteiger charge is -2.08. The van der Waals surface area contributed by atoms with E-state index in [1.807, 2.05) is 0 Å². The number of aromatic nitrogens is 2. The normalized spacial score (nSPS) is 10.1. The van der Waals surface area contributed by atoms with Gasteiger partial charge in [-0.2, -0.15) is 0 Å². The van der Waals surface area contributed by atoms with Gasteiger partial charge in [0.1, 0.15) is 0 Å². The Morgan fingerprint density at radius 1 is 1.33 bits per heavy atom. The molecule has 2 rings (SSSR count). The number of carboxylic acids is 1. The molecule has 0 aliphatic rings. The predicted octanol–water partition coefficient (Wildman–Crippen LogP) is 3.49. The number of carboxylic acid groups (broad SMARTS) is 1. The van der Waals surface area contributed by atoms with E-state index in [1.165, 1.54) is 12.3 Å². The number of hydrogen-bond acceptors (Lipinski definition) is 4. The Hall–Kier alpha value is -1.47. The molecule has 2 aromatic rings. The molecule has 0 saturated carbocycles. The molecule has 0 aromatic carbocycles. The van der Waals surface area contributed by atoms with Crippen molar-refractivity contribution < 1.29 is 14.6 Å². The Kier molecular flexibility index (Phi) is 3.93. The molecule has 92 valence electrons. The highest BCUT2D eigenvalue weighted by molar-refractivity contribution is 9.11. The van der Waals surface area contributed by atoms with Gasteiger partial charge in [-0.3, -0.25) is 0 Å². The van der Waals surface area contributed by atoms with Crippen molar-refractivity contribution in [1.82, 2.24) is 9.97 Å². The summed E-state index contributed by atoms with van der Waals surface area (Å²) in [6.45, 7) is 0. The van der Waals surface area contributed by atoms with Gasteiger partial charge in [0.25, 0.3) is 0 Å².